The summed E-state index contributed by atoms with van der Waals surface area (Å²) in [5.74, 6) is -2.99. The number of fused-ring (bicyclic) bond motifs is 1. The summed E-state index contributed by atoms with van der Waals surface area (Å²) >= 11 is 0. The number of pyridine rings is 1. The molecule has 0 saturated carbocycles. The van der Waals surface area contributed by atoms with Gasteiger partial charge < -0.3 is 34.7 Å². The molecule has 0 atom stereocenters. The topological polar surface area (TPSA) is 153 Å². The Hall–Kier alpha value is -4.20. The third-order valence-corrected chi connectivity index (χ3v) is 6.54. The second kappa shape index (κ2) is 10.9. The molecule has 0 unspecified atom stereocenters. The van der Waals surface area contributed by atoms with Gasteiger partial charge in [-0.25, -0.2) is 4.79 Å². The number of ether oxygens (including phenoxy) is 1. The highest BCUT2D eigenvalue weighted by Gasteiger charge is 2.36. The number of carboxylic acids is 1. The molecule has 3 N–H and O–H groups in total. The first-order chi connectivity index (χ1) is 18.4. The average Bonchev–Trinajstić information content (AvgIpc) is 3.32. The van der Waals surface area contributed by atoms with E-state index in [1.165, 1.54) is 17.0 Å². The molecule has 11 nitrogen and oxygen atoms in total. The van der Waals surface area contributed by atoms with E-state index in [0.29, 0.717) is 31.9 Å². The van der Waals surface area contributed by atoms with E-state index in [1.807, 2.05) is 0 Å². The first kappa shape index (κ1) is 27.8. The lowest BCUT2D eigenvalue weighted by Gasteiger charge is -2.30. The van der Waals surface area contributed by atoms with Gasteiger partial charge in [0.25, 0.3) is 5.56 Å². The van der Waals surface area contributed by atoms with E-state index in [0.717, 1.165) is 16.7 Å². The molecular formula is C25H25F3N4O7. The van der Waals surface area contributed by atoms with Crippen LogP contribution < -0.4 is 5.56 Å². The molecule has 0 aliphatic carbocycles. The highest BCUT2D eigenvalue weighted by Crippen LogP contribution is 2.34. The van der Waals surface area contributed by atoms with Gasteiger partial charge in [0, 0.05) is 36.5 Å². The second-order valence-corrected chi connectivity index (χ2v) is 9.25. The fraction of sp³-hybridized carbons (Fsp3) is 0.400. The number of hydrogen-bond acceptors (Lipinski definition) is 7. The number of alkyl halides is 3. The summed E-state index contributed by atoms with van der Waals surface area (Å²) < 4.78 is 45.4. The molecule has 1 fully saturated rings. The predicted octanol–water partition coefficient (Wildman–Crippen LogP) is 2.46. The first-order valence-corrected chi connectivity index (χ1v) is 11.9. The van der Waals surface area contributed by atoms with E-state index in [9.17, 15) is 37.5 Å². The van der Waals surface area contributed by atoms with E-state index in [2.05, 4.69) is 0 Å². The van der Waals surface area contributed by atoms with E-state index in [1.54, 1.807) is 4.90 Å². The number of carbonyl (C=O) groups excluding carboxylic acids is 2. The van der Waals surface area contributed by atoms with Gasteiger partial charge >= 0.3 is 18.2 Å². The molecule has 2 aliphatic heterocycles. The number of carboxylic acid groups (broad SMARTS) is 1. The molecule has 0 spiro atoms. The van der Waals surface area contributed by atoms with Crippen molar-refractivity contribution in [3.63, 3.8) is 0 Å². The Morgan fingerprint density at radius 2 is 1.64 bits per heavy atom. The van der Waals surface area contributed by atoms with Gasteiger partial charge in [0.15, 0.2) is 5.78 Å². The lowest BCUT2D eigenvalue weighted by molar-refractivity contribution is -0.138. The van der Waals surface area contributed by atoms with Crippen LogP contribution in [0.1, 0.15) is 45.6 Å². The van der Waals surface area contributed by atoms with Crippen LogP contribution in [-0.4, -0.2) is 74.4 Å². The maximum Gasteiger partial charge on any atom is 0.416 e. The number of nitrogens with zero attached hydrogens (tertiary/aromatic N) is 3. The van der Waals surface area contributed by atoms with Crippen LogP contribution in [0.5, 0.6) is 5.75 Å². The molecular weight excluding hydrogens is 525 g/mol. The van der Waals surface area contributed by atoms with E-state index < -0.39 is 58.9 Å². The number of carbonyl (C=O) groups is 3. The number of nitrogens with one attached hydrogen (secondary N) is 1. The minimum Gasteiger partial charge on any atom is -0.507 e. The molecule has 1 aromatic heterocycles. The molecule has 2 aromatic rings. The van der Waals surface area contributed by atoms with Crippen molar-refractivity contribution in [2.75, 3.05) is 26.3 Å². The van der Waals surface area contributed by atoms with Gasteiger partial charge in [0.05, 0.1) is 44.8 Å². The lowest BCUT2D eigenvalue weighted by Crippen LogP contribution is -2.46. The molecule has 1 aromatic carbocycles. The highest BCUT2D eigenvalue weighted by molar-refractivity contribution is 6.13. The number of morpholine rings is 1. The zero-order valence-electron chi connectivity index (χ0n) is 20.6. The van der Waals surface area contributed by atoms with Crippen LogP contribution in [0.2, 0.25) is 0 Å². The summed E-state index contributed by atoms with van der Waals surface area (Å²) in [6.07, 6.45) is -6.03. The Kier molecular flexibility index (Phi) is 7.77. The maximum atomic E-state index is 13.5. The Balaban J connectivity index is 1.73. The molecule has 2 aliphatic rings. The number of urea groups is 1. The molecule has 208 valence electrons. The van der Waals surface area contributed by atoms with Gasteiger partial charge in [-0.15, -0.1) is 0 Å². The minimum atomic E-state index is -4.56. The van der Waals surface area contributed by atoms with Gasteiger partial charge in [-0.2, -0.15) is 13.2 Å². The fourth-order valence-corrected chi connectivity index (χ4v) is 4.60. The number of aromatic nitrogens is 1. The molecule has 2 amide bonds. The number of amides is 2. The van der Waals surface area contributed by atoms with Crippen LogP contribution in [0, 0.1) is 5.41 Å². The zero-order valence-corrected chi connectivity index (χ0v) is 20.6. The predicted molar refractivity (Wildman–Crippen MR) is 129 cm³/mol. The monoisotopic (exact) mass is 550 g/mol. The second-order valence-electron chi connectivity index (χ2n) is 9.25. The van der Waals surface area contributed by atoms with Gasteiger partial charge in [-0.05, 0) is 17.7 Å². The summed E-state index contributed by atoms with van der Waals surface area (Å²) in [5.41, 5.74) is -2.35. The minimum absolute atomic E-state index is 0.0989. The summed E-state index contributed by atoms with van der Waals surface area (Å²) in [7, 11) is 0. The zero-order chi connectivity index (χ0) is 28.5. The number of benzene rings is 1. The number of aliphatic carboxylic acids is 1. The van der Waals surface area contributed by atoms with Crippen molar-refractivity contribution in [1.82, 2.24) is 14.4 Å². The van der Waals surface area contributed by atoms with E-state index in [-0.39, 0.29) is 36.9 Å². The molecule has 39 heavy (non-hydrogen) atoms. The van der Waals surface area contributed by atoms with Crippen molar-refractivity contribution in [3.8, 4) is 5.75 Å². The number of rotatable bonds is 7. The van der Waals surface area contributed by atoms with Crippen LogP contribution >= 0.6 is 0 Å². The molecule has 0 radical (unpaired) electrons. The molecule has 4 rings (SSSR count). The molecule has 0 bridgehead atoms. The van der Waals surface area contributed by atoms with Gasteiger partial charge in [-0.1, -0.05) is 12.1 Å². The van der Waals surface area contributed by atoms with Crippen molar-refractivity contribution in [3.05, 3.63) is 62.6 Å². The fourth-order valence-electron chi connectivity index (χ4n) is 4.60. The first-order valence-electron chi connectivity index (χ1n) is 11.9. The molecule has 3 heterocycles. The van der Waals surface area contributed by atoms with Gasteiger partial charge in [-0.3, -0.25) is 14.4 Å². The van der Waals surface area contributed by atoms with E-state index >= 15 is 0 Å². The Morgan fingerprint density at radius 3 is 2.23 bits per heavy atom. The third-order valence-electron chi connectivity index (χ3n) is 6.54. The smallest absolute Gasteiger partial charge is 0.416 e. The number of halogens is 3. The Labute approximate surface area is 219 Å². The standard InChI is InChI=1S/C25H25F3N4O7/c26-25(27,28)15-3-1-14(2-4-15)11-32-18-13-31(24(38)30-5-7-39-8-6-30)12-17(18)22(36)21(23(32)37)19(33)9-16(29)10-20(34)35/h1-4,29,36H,5-13H2,(H,34,35). The summed E-state index contributed by atoms with van der Waals surface area (Å²) in [6, 6.07) is 3.70. The van der Waals surface area contributed by atoms with E-state index in [4.69, 9.17) is 15.3 Å². The number of Topliss-reactive ketones (excluding diaryl/α,β-unsaturated/α-hetero) is 1. The third kappa shape index (κ3) is 5.95. The number of ketones is 1. The van der Waals surface area contributed by atoms with Crippen molar-refractivity contribution in [1.29, 1.82) is 5.41 Å². The number of hydrogen-bond donors (Lipinski definition) is 3. The largest absolute Gasteiger partial charge is 0.507 e. The van der Waals surface area contributed by atoms with Gasteiger partial charge in [0.1, 0.15) is 11.3 Å². The Morgan fingerprint density at radius 1 is 1.00 bits per heavy atom. The van der Waals surface area contributed by atoms with Crippen LogP contribution in [0.4, 0.5) is 18.0 Å². The summed E-state index contributed by atoms with van der Waals surface area (Å²) in [4.78, 5) is 53.4. The number of aromatic hydroxyl groups is 1. The van der Waals surface area contributed by atoms with Crippen LogP contribution in [0.25, 0.3) is 0 Å². The van der Waals surface area contributed by atoms with Crippen molar-refractivity contribution >= 4 is 23.5 Å². The summed E-state index contributed by atoms with van der Waals surface area (Å²) in [5, 5.41) is 27.6. The van der Waals surface area contributed by atoms with Gasteiger partial charge in [0.2, 0.25) is 0 Å². The molecule has 14 heteroatoms. The van der Waals surface area contributed by atoms with Crippen LogP contribution in [0.3, 0.4) is 0 Å². The molecule has 1 saturated heterocycles. The normalized spacial score (nSPS) is 15.3. The SMILES string of the molecule is N=C(CC(=O)O)CC(=O)c1c(O)c2c(n(Cc3ccc(C(F)(F)F)cc3)c1=O)CN(C(=O)N1CCOCC1)C2. The van der Waals surface area contributed by atoms with Crippen molar-refractivity contribution < 1.29 is 42.5 Å². The van der Waals surface area contributed by atoms with Crippen molar-refractivity contribution in [2.24, 2.45) is 0 Å². The average molecular weight is 550 g/mol. The highest BCUT2D eigenvalue weighted by atomic mass is 19.4. The summed E-state index contributed by atoms with van der Waals surface area (Å²) in [6.45, 7) is 0.868. The maximum absolute atomic E-state index is 13.5. The Bertz CT molecular complexity index is 1380. The lowest BCUT2D eigenvalue weighted by atomic mass is 10.0. The van der Waals surface area contributed by atoms with Crippen molar-refractivity contribution in [2.45, 2.75) is 38.7 Å². The quantitative estimate of drug-likeness (QED) is 0.354. The van der Waals surface area contributed by atoms with Crippen LogP contribution in [-0.2, 0) is 35.3 Å². The van der Waals surface area contributed by atoms with Crippen LogP contribution in [0.15, 0.2) is 29.1 Å².